The molecule has 1 heterocycles. The smallest absolute Gasteiger partial charge is 0.222 e. The zero-order valence-electron chi connectivity index (χ0n) is 23.3. The molecule has 200 valence electrons. The standard InChI is InChI=1S/C33H40N2O3/c1-33(23-36)18-21-35(22-19-33)30(38)11-3-2-4-20-34-29(37)10-6-7-24-12-13-27-15-14-25-8-5-9-26-16-17-28(24)32(27)31(25)26/h5,8-9,12-17,36H,2-4,6-7,10-11,18-23H2,1H3,(H,34,37)/i1T. The Hall–Kier alpha value is -3.18. The van der Waals surface area contributed by atoms with Gasteiger partial charge in [-0.1, -0.05) is 67.9 Å². The summed E-state index contributed by atoms with van der Waals surface area (Å²) in [5, 5.41) is 20.4. The van der Waals surface area contributed by atoms with E-state index in [2.05, 4.69) is 59.9 Å². The number of piperidine rings is 1. The third kappa shape index (κ3) is 5.78. The highest BCUT2D eigenvalue weighted by atomic mass is 16.3. The zero-order valence-corrected chi connectivity index (χ0v) is 22.3. The molecule has 0 radical (unpaired) electrons. The topological polar surface area (TPSA) is 69.6 Å². The molecule has 5 rings (SSSR count). The van der Waals surface area contributed by atoms with Gasteiger partial charge < -0.3 is 15.3 Å². The number of aliphatic hydroxyl groups is 1. The molecule has 2 amide bonds. The molecule has 0 atom stereocenters. The van der Waals surface area contributed by atoms with Crippen LogP contribution in [0.5, 0.6) is 0 Å². The van der Waals surface area contributed by atoms with Gasteiger partial charge in [0, 0.05) is 40.5 Å². The van der Waals surface area contributed by atoms with Crippen LogP contribution in [0.3, 0.4) is 0 Å². The van der Waals surface area contributed by atoms with Crippen LogP contribution in [0.2, 0.25) is 0 Å². The number of likely N-dealkylation sites (tertiary alicyclic amines) is 1. The fourth-order valence-electron chi connectivity index (χ4n) is 5.89. The largest absolute Gasteiger partial charge is 0.396 e. The average Bonchev–Trinajstić information content (AvgIpc) is 2.98. The van der Waals surface area contributed by atoms with Crippen LogP contribution < -0.4 is 5.32 Å². The second-order valence-corrected chi connectivity index (χ2v) is 11.1. The molecule has 0 bridgehead atoms. The lowest BCUT2D eigenvalue weighted by Crippen LogP contribution is -2.43. The Morgan fingerprint density at radius 2 is 1.61 bits per heavy atom. The lowest BCUT2D eigenvalue weighted by Gasteiger charge is -2.38. The lowest BCUT2D eigenvalue weighted by atomic mass is 9.81. The van der Waals surface area contributed by atoms with Gasteiger partial charge in [-0.05, 0) is 81.8 Å². The van der Waals surface area contributed by atoms with Gasteiger partial charge in [0.2, 0.25) is 11.8 Å². The van der Waals surface area contributed by atoms with E-state index in [1.165, 1.54) is 37.9 Å². The predicted molar refractivity (Wildman–Crippen MR) is 156 cm³/mol. The maximum atomic E-state index is 12.5. The number of carbonyl (C=O) groups is 2. The first kappa shape index (κ1) is 25.1. The van der Waals surface area contributed by atoms with Gasteiger partial charge in [-0.2, -0.15) is 0 Å². The minimum Gasteiger partial charge on any atom is -0.396 e. The van der Waals surface area contributed by atoms with Crippen LogP contribution in [-0.4, -0.2) is 48.1 Å². The number of hydrogen-bond acceptors (Lipinski definition) is 3. The molecule has 38 heavy (non-hydrogen) atoms. The minimum absolute atomic E-state index is 0.0320. The number of amides is 2. The van der Waals surface area contributed by atoms with E-state index in [0.29, 0.717) is 45.3 Å². The first-order valence-electron chi connectivity index (χ1n) is 14.8. The maximum absolute atomic E-state index is 12.5. The van der Waals surface area contributed by atoms with Gasteiger partial charge in [-0.15, -0.1) is 0 Å². The second kappa shape index (κ2) is 11.7. The Balaban J connectivity index is 1.01. The average molecular weight is 515 g/mol. The van der Waals surface area contributed by atoms with Crippen molar-refractivity contribution >= 4 is 44.1 Å². The summed E-state index contributed by atoms with van der Waals surface area (Å²) < 4.78 is 7.67. The van der Waals surface area contributed by atoms with Crippen LogP contribution in [0.1, 0.15) is 65.2 Å². The molecule has 0 unspecified atom stereocenters. The molecule has 5 heteroatoms. The van der Waals surface area contributed by atoms with Gasteiger partial charge in [-0.25, -0.2) is 0 Å². The van der Waals surface area contributed by atoms with E-state index in [4.69, 9.17) is 1.37 Å². The second-order valence-electron chi connectivity index (χ2n) is 11.1. The summed E-state index contributed by atoms with van der Waals surface area (Å²) in [4.78, 5) is 26.8. The number of hydrogen-bond donors (Lipinski definition) is 2. The Bertz CT molecular complexity index is 1410. The van der Waals surface area contributed by atoms with E-state index in [0.717, 1.165) is 32.1 Å². The monoisotopic (exact) mass is 514 g/mol. The van der Waals surface area contributed by atoms with Crippen LogP contribution in [0.4, 0.5) is 0 Å². The highest BCUT2D eigenvalue weighted by Crippen LogP contribution is 2.36. The van der Waals surface area contributed by atoms with Gasteiger partial charge in [0.15, 0.2) is 0 Å². The van der Waals surface area contributed by atoms with E-state index < -0.39 is 0 Å². The molecular formula is C33H40N2O3. The fourth-order valence-corrected chi connectivity index (χ4v) is 5.89. The SMILES string of the molecule is [3H]CC1(CO)CCN(C(=O)CCCCCNC(=O)CCCc2ccc3ccc4cccc5ccc2c3c45)CC1. The van der Waals surface area contributed by atoms with E-state index in [1.807, 2.05) is 4.90 Å². The molecule has 1 saturated heterocycles. The van der Waals surface area contributed by atoms with Crippen molar-refractivity contribution in [3.05, 3.63) is 60.2 Å². The Morgan fingerprint density at radius 3 is 2.34 bits per heavy atom. The minimum atomic E-state index is -0.322. The number of rotatable bonds is 11. The van der Waals surface area contributed by atoms with Crippen molar-refractivity contribution in [2.24, 2.45) is 5.41 Å². The zero-order chi connectivity index (χ0) is 27.2. The van der Waals surface area contributed by atoms with E-state index in [-0.39, 0.29) is 30.7 Å². The summed E-state index contributed by atoms with van der Waals surface area (Å²) in [6, 6.07) is 19.7. The van der Waals surface area contributed by atoms with Crippen LogP contribution >= 0.6 is 0 Å². The molecule has 4 aromatic rings. The van der Waals surface area contributed by atoms with Gasteiger partial charge in [0.25, 0.3) is 0 Å². The molecule has 1 aliphatic rings. The molecule has 1 aliphatic heterocycles. The van der Waals surface area contributed by atoms with Crippen LogP contribution in [-0.2, 0) is 16.0 Å². The number of carbonyl (C=O) groups excluding carboxylic acids is 2. The summed E-state index contributed by atoms with van der Waals surface area (Å²) in [7, 11) is 0. The van der Waals surface area contributed by atoms with Crippen LogP contribution in [0.15, 0.2) is 54.6 Å². The molecule has 5 nitrogen and oxygen atoms in total. The third-order valence-corrected chi connectivity index (χ3v) is 8.37. The van der Waals surface area contributed by atoms with Gasteiger partial charge >= 0.3 is 0 Å². The van der Waals surface area contributed by atoms with Gasteiger partial charge in [-0.3, -0.25) is 9.59 Å². The highest BCUT2D eigenvalue weighted by molar-refractivity contribution is 6.23. The van der Waals surface area contributed by atoms with E-state index in [9.17, 15) is 14.7 Å². The van der Waals surface area contributed by atoms with Crippen molar-refractivity contribution < 1.29 is 16.1 Å². The van der Waals surface area contributed by atoms with Gasteiger partial charge in [0.1, 0.15) is 0 Å². The molecule has 0 aromatic heterocycles. The third-order valence-electron chi connectivity index (χ3n) is 8.37. The summed E-state index contributed by atoms with van der Waals surface area (Å²) in [5.74, 6) is 0.265. The first-order valence-corrected chi connectivity index (χ1v) is 14.1. The number of aryl methyl sites for hydroxylation is 1. The van der Waals surface area contributed by atoms with Crippen molar-refractivity contribution in [2.45, 2.75) is 64.7 Å². The van der Waals surface area contributed by atoms with Crippen molar-refractivity contribution in [2.75, 3.05) is 26.2 Å². The Labute approximate surface area is 226 Å². The summed E-state index contributed by atoms with van der Waals surface area (Å²) in [6.45, 7) is 2.19. The molecule has 4 aromatic carbocycles. The molecular weight excluding hydrogens is 472 g/mol. The molecule has 0 saturated carbocycles. The summed E-state index contributed by atoms with van der Waals surface area (Å²) in [6.07, 6.45) is 6.77. The number of aliphatic hydroxyl groups excluding tert-OH is 1. The van der Waals surface area contributed by atoms with Crippen molar-refractivity contribution in [3.8, 4) is 0 Å². The number of nitrogens with one attached hydrogen (secondary N) is 1. The summed E-state index contributed by atoms with van der Waals surface area (Å²) >= 11 is 0. The van der Waals surface area contributed by atoms with Crippen molar-refractivity contribution in [3.63, 3.8) is 0 Å². The number of benzene rings is 4. The highest BCUT2D eigenvalue weighted by Gasteiger charge is 2.30. The van der Waals surface area contributed by atoms with Crippen LogP contribution in [0, 0.1) is 5.41 Å². The predicted octanol–water partition coefficient (Wildman–Crippen LogP) is 6.20. The fraction of sp³-hybridized carbons (Fsp3) is 0.455. The van der Waals surface area contributed by atoms with E-state index in [1.54, 1.807) is 0 Å². The quantitative estimate of drug-likeness (QED) is 0.185. The Morgan fingerprint density at radius 1 is 0.895 bits per heavy atom. The maximum Gasteiger partial charge on any atom is 0.222 e. The van der Waals surface area contributed by atoms with Gasteiger partial charge in [0.05, 0.1) is 0 Å². The molecule has 2 N–H and O–H groups in total. The first-order chi connectivity index (χ1) is 19.0. The molecule has 0 spiro atoms. The molecule has 0 aliphatic carbocycles. The number of nitrogens with zero attached hydrogens (tertiary/aromatic N) is 1. The van der Waals surface area contributed by atoms with Crippen molar-refractivity contribution in [1.29, 1.82) is 0 Å². The normalized spacial score (nSPS) is 15.8. The summed E-state index contributed by atoms with van der Waals surface area (Å²) in [5.41, 5.74) is 0.977. The number of unbranched alkanes of at least 4 members (excludes halogenated alkanes) is 2. The van der Waals surface area contributed by atoms with Crippen LogP contribution in [0.25, 0.3) is 32.3 Å². The van der Waals surface area contributed by atoms with Crippen molar-refractivity contribution in [1.82, 2.24) is 10.2 Å². The lowest BCUT2D eigenvalue weighted by molar-refractivity contribution is -0.134. The molecule has 1 fully saturated rings. The van der Waals surface area contributed by atoms with E-state index >= 15 is 0 Å². The Kier molecular flexibility index (Phi) is 7.73.